The van der Waals surface area contributed by atoms with Crippen LogP contribution in [0.1, 0.15) is 15.4 Å². The van der Waals surface area contributed by atoms with Crippen molar-refractivity contribution in [3.05, 3.63) is 63.4 Å². The van der Waals surface area contributed by atoms with Gasteiger partial charge in [-0.3, -0.25) is 4.79 Å². The van der Waals surface area contributed by atoms with Crippen LogP contribution in [0.4, 0.5) is 0 Å². The molecule has 0 spiro atoms. The Balaban J connectivity index is 1.38. The molecular weight excluding hydrogens is 350 g/mol. The van der Waals surface area contributed by atoms with E-state index < -0.39 is 0 Å². The maximum Gasteiger partial charge on any atom is 0.224 e. The first-order valence-corrected chi connectivity index (χ1v) is 9.71. The standard InChI is InChI=1S/C19H17N3OS2/c1-12-22-17(11-24-12)18-7-6-14(25-18)10-21-19(23)8-13-9-20-16-5-3-2-4-15(13)16/h2-7,9,11,20H,8,10H2,1H3,(H,21,23). The normalized spacial score (nSPS) is 11.1. The Labute approximate surface area is 153 Å². The fourth-order valence-electron chi connectivity index (χ4n) is 2.79. The predicted molar refractivity (Wildman–Crippen MR) is 104 cm³/mol. The predicted octanol–water partition coefficient (Wildman–Crippen LogP) is 4.52. The molecule has 4 nitrogen and oxygen atoms in total. The maximum absolute atomic E-state index is 12.3. The Bertz CT molecular complexity index is 1030. The Hall–Kier alpha value is -2.44. The Morgan fingerprint density at radius 2 is 2.12 bits per heavy atom. The van der Waals surface area contributed by atoms with Crippen LogP contribution in [0, 0.1) is 6.92 Å². The SMILES string of the molecule is Cc1nc(-c2ccc(CNC(=O)Cc3c[nH]c4ccccc34)s2)cs1. The van der Waals surface area contributed by atoms with E-state index in [9.17, 15) is 4.79 Å². The van der Waals surface area contributed by atoms with Crippen molar-refractivity contribution in [1.29, 1.82) is 0 Å². The number of fused-ring (bicyclic) bond motifs is 1. The number of nitrogens with zero attached hydrogens (tertiary/aromatic N) is 1. The van der Waals surface area contributed by atoms with Crippen molar-refractivity contribution in [1.82, 2.24) is 15.3 Å². The van der Waals surface area contributed by atoms with Crippen LogP contribution < -0.4 is 5.32 Å². The first-order chi connectivity index (χ1) is 12.2. The van der Waals surface area contributed by atoms with Gasteiger partial charge in [0.1, 0.15) is 0 Å². The molecule has 6 heteroatoms. The number of aromatic nitrogens is 2. The summed E-state index contributed by atoms with van der Waals surface area (Å²) in [7, 11) is 0. The number of hydrogen-bond donors (Lipinski definition) is 2. The number of carbonyl (C=O) groups excluding carboxylic acids is 1. The van der Waals surface area contributed by atoms with E-state index in [0.29, 0.717) is 13.0 Å². The third-order valence-corrected chi connectivity index (χ3v) is 5.90. The highest BCUT2D eigenvalue weighted by Crippen LogP contribution is 2.29. The summed E-state index contributed by atoms with van der Waals surface area (Å²) in [6, 6.07) is 12.2. The summed E-state index contributed by atoms with van der Waals surface area (Å²) in [6.07, 6.45) is 2.30. The summed E-state index contributed by atoms with van der Waals surface area (Å²) in [5, 5.41) is 7.25. The van der Waals surface area contributed by atoms with Crippen LogP contribution in [0.25, 0.3) is 21.5 Å². The van der Waals surface area contributed by atoms with Crippen LogP contribution in [0.3, 0.4) is 0 Å². The van der Waals surface area contributed by atoms with E-state index in [2.05, 4.69) is 32.8 Å². The number of nitrogens with one attached hydrogen (secondary N) is 2. The second-order valence-corrected chi connectivity index (χ2v) is 8.06. The molecule has 0 bridgehead atoms. The number of thiazole rings is 1. The van der Waals surface area contributed by atoms with Gasteiger partial charge in [0.2, 0.25) is 5.91 Å². The minimum absolute atomic E-state index is 0.0317. The van der Waals surface area contributed by atoms with Crippen molar-refractivity contribution >= 4 is 39.5 Å². The molecular formula is C19H17N3OS2. The topological polar surface area (TPSA) is 57.8 Å². The molecule has 0 saturated carbocycles. The lowest BCUT2D eigenvalue weighted by molar-refractivity contribution is -0.120. The van der Waals surface area contributed by atoms with Crippen molar-refractivity contribution in [2.75, 3.05) is 0 Å². The number of rotatable bonds is 5. The number of benzene rings is 1. The van der Waals surface area contributed by atoms with E-state index in [-0.39, 0.29) is 5.91 Å². The van der Waals surface area contributed by atoms with Gasteiger partial charge in [0, 0.05) is 27.4 Å². The summed E-state index contributed by atoms with van der Waals surface area (Å²) in [5.74, 6) is 0.0317. The molecule has 1 aromatic carbocycles. The average molecular weight is 367 g/mol. The molecule has 0 radical (unpaired) electrons. The summed E-state index contributed by atoms with van der Waals surface area (Å²) < 4.78 is 0. The second-order valence-electron chi connectivity index (χ2n) is 5.83. The van der Waals surface area contributed by atoms with E-state index in [1.54, 1.807) is 22.7 Å². The highest BCUT2D eigenvalue weighted by atomic mass is 32.1. The van der Waals surface area contributed by atoms with E-state index in [1.807, 2.05) is 37.4 Å². The largest absolute Gasteiger partial charge is 0.361 e. The van der Waals surface area contributed by atoms with E-state index in [0.717, 1.165) is 36.9 Å². The molecule has 0 unspecified atom stereocenters. The molecule has 0 saturated heterocycles. The maximum atomic E-state index is 12.3. The molecule has 0 fully saturated rings. The summed E-state index contributed by atoms with van der Waals surface area (Å²) in [6.45, 7) is 2.56. The first-order valence-electron chi connectivity index (χ1n) is 8.02. The smallest absolute Gasteiger partial charge is 0.224 e. The molecule has 0 atom stereocenters. The van der Waals surface area contributed by atoms with Crippen molar-refractivity contribution in [2.24, 2.45) is 0 Å². The molecule has 25 heavy (non-hydrogen) atoms. The van der Waals surface area contributed by atoms with Gasteiger partial charge in [-0.1, -0.05) is 18.2 Å². The number of carbonyl (C=O) groups is 1. The monoisotopic (exact) mass is 367 g/mol. The fraction of sp³-hybridized carbons (Fsp3) is 0.158. The average Bonchev–Trinajstić information content (AvgIpc) is 3.33. The van der Waals surface area contributed by atoms with Gasteiger partial charge in [-0.05, 0) is 30.7 Å². The van der Waals surface area contributed by atoms with E-state index in [1.165, 1.54) is 0 Å². The second kappa shape index (κ2) is 6.82. The Kier molecular flexibility index (Phi) is 4.38. The third-order valence-electron chi connectivity index (χ3n) is 4.02. The van der Waals surface area contributed by atoms with Gasteiger partial charge in [-0.25, -0.2) is 4.98 Å². The van der Waals surface area contributed by atoms with Gasteiger partial charge in [-0.15, -0.1) is 22.7 Å². The van der Waals surface area contributed by atoms with Crippen molar-refractivity contribution in [3.8, 4) is 10.6 Å². The van der Waals surface area contributed by atoms with Gasteiger partial charge >= 0.3 is 0 Å². The van der Waals surface area contributed by atoms with Crippen molar-refractivity contribution in [2.45, 2.75) is 19.9 Å². The molecule has 3 aromatic heterocycles. The minimum Gasteiger partial charge on any atom is -0.361 e. The highest BCUT2D eigenvalue weighted by Gasteiger charge is 2.10. The van der Waals surface area contributed by atoms with Gasteiger partial charge < -0.3 is 10.3 Å². The zero-order valence-corrected chi connectivity index (χ0v) is 15.3. The summed E-state index contributed by atoms with van der Waals surface area (Å²) >= 11 is 3.33. The van der Waals surface area contributed by atoms with Crippen LogP contribution in [0.5, 0.6) is 0 Å². The lowest BCUT2D eigenvalue weighted by Gasteiger charge is -2.03. The number of aromatic amines is 1. The fourth-order valence-corrected chi connectivity index (χ4v) is 4.38. The lowest BCUT2D eigenvalue weighted by atomic mass is 10.1. The van der Waals surface area contributed by atoms with Crippen LogP contribution in [0.2, 0.25) is 0 Å². The first kappa shape index (κ1) is 16.1. The van der Waals surface area contributed by atoms with Gasteiger partial charge in [0.25, 0.3) is 0 Å². The number of hydrogen-bond acceptors (Lipinski definition) is 4. The van der Waals surface area contributed by atoms with Gasteiger partial charge in [0.05, 0.1) is 28.5 Å². The number of amides is 1. The molecule has 3 heterocycles. The van der Waals surface area contributed by atoms with Gasteiger partial charge in [0.15, 0.2) is 0 Å². The highest BCUT2D eigenvalue weighted by molar-refractivity contribution is 7.16. The van der Waals surface area contributed by atoms with Crippen LogP contribution in [-0.2, 0) is 17.8 Å². The number of thiophene rings is 1. The zero-order chi connectivity index (χ0) is 17.2. The molecule has 4 aromatic rings. The molecule has 0 aliphatic heterocycles. The quantitative estimate of drug-likeness (QED) is 0.545. The molecule has 0 aliphatic carbocycles. The molecule has 2 N–H and O–H groups in total. The van der Waals surface area contributed by atoms with Crippen LogP contribution >= 0.6 is 22.7 Å². The minimum atomic E-state index is 0.0317. The molecule has 0 aliphatic rings. The number of aryl methyl sites for hydroxylation is 1. The zero-order valence-electron chi connectivity index (χ0n) is 13.7. The lowest BCUT2D eigenvalue weighted by Crippen LogP contribution is -2.23. The third kappa shape index (κ3) is 3.50. The Morgan fingerprint density at radius 3 is 2.96 bits per heavy atom. The molecule has 1 amide bonds. The number of para-hydroxylation sites is 1. The van der Waals surface area contributed by atoms with Crippen LogP contribution in [-0.4, -0.2) is 15.9 Å². The van der Waals surface area contributed by atoms with Crippen LogP contribution in [0.15, 0.2) is 48.0 Å². The molecule has 126 valence electrons. The Morgan fingerprint density at radius 1 is 1.24 bits per heavy atom. The number of H-pyrrole nitrogens is 1. The van der Waals surface area contributed by atoms with Crippen molar-refractivity contribution in [3.63, 3.8) is 0 Å². The summed E-state index contributed by atoms with van der Waals surface area (Å²) in [4.78, 5) is 22.3. The van der Waals surface area contributed by atoms with Gasteiger partial charge in [-0.2, -0.15) is 0 Å². The van der Waals surface area contributed by atoms with E-state index >= 15 is 0 Å². The summed E-state index contributed by atoms with van der Waals surface area (Å²) in [5.41, 5.74) is 3.11. The van der Waals surface area contributed by atoms with Crippen molar-refractivity contribution < 1.29 is 4.79 Å². The molecule has 4 rings (SSSR count). The van der Waals surface area contributed by atoms with E-state index in [4.69, 9.17) is 0 Å².